The van der Waals surface area contributed by atoms with Crippen LogP contribution in [-0.2, 0) is 0 Å². The van der Waals surface area contributed by atoms with Crippen molar-refractivity contribution < 1.29 is 27.8 Å². The number of thioether (sulfide) groups is 1. The lowest BCUT2D eigenvalue weighted by molar-refractivity contribution is -0.0329. The summed E-state index contributed by atoms with van der Waals surface area (Å²) in [6, 6.07) is 4.81. The molecule has 0 aromatic heterocycles. The standard InChI is InChI=1S/C12H15F3O3S/c1-8(16)10-4-3-9(17-2)7-11(10)18-5-6-19-12(13,14)15/h3-4,7-8,16H,5-6H2,1-2H3. The second kappa shape index (κ2) is 6.91. The zero-order chi connectivity index (χ0) is 14.5. The summed E-state index contributed by atoms with van der Waals surface area (Å²) in [7, 11) is 1.47. The van der Waals surface area contributed by atoms with Crippen LogP contribution in [0.25, 0.3) is 0 Å². The molecular weight excluding hydrogens is 281 g/mol. The van der Waals surface area contributed by atoms with Crippen molar-refractivity contribution in [1.82, 2.24) is 0 Å². The maximum atomic E-state index is 12.0. The molecule has 1 rings (SSSR count). The fourth-order valence-corrected chi connectivity index (χ4v) is 1.82. The summed E-state index contributed by atoms with van der Waals surface area (Å²) in [6.07, 6.45) is -0.767. The van der Waals surface area contributed by atoms with E-state index in [9.17, 15) is 18.3 Å². The van der Waals surface area contributed by atoms with Crippen LogP contribution in [-0.4, -0.2) is 30.1 Å². The van der Waals surface area contributed by atoms with E-state index < -0.39 is 11.6 Å². The van der Waals surface area contributed by atoms with E-state index in [0.717, 1.165) is 0 Å². The SMILES string of the molecule is COc1ccc(C(C)O)c(OCCSC(F)(F)F)c1. The van der Waals surface area contributed by atoms with E-state index in [1.54, 1.807) is 25.1 Å². The second-order valence-electron chi connectivity index (χ2n) is 3.72. The van der Waals surface area contributed by atoms with E-state index in [-0.39, 0.29) is 24.1 Å². The Morgan fingerprint density at radius 2 is 2.05 bits per heavy atom. The first-order chi connectivity index (χ1) is 8.83. The molecule has 7 heteroatoms. The van der Waals surface area contributed by atoms with Crippen LogP contribution in [0, 0.1) is 0 Å². The molecule has 1 N–H and O–H groups in total. The summed E-state index contributed by atoms with van der Waals surface area (Å²) in [4.78, 5) is 0. The molecule has 0 radical (unpaired) electrons. The molecule has 0 aliphatic rings. The van der Waals surface area contributed by atoms with E-state index in [1.807, 2.05) is 0 Å². The van der Waals surface area contributed by atoms with Gasteiger partial charge in [0.15, 0.2) is 0 Å². The minimum atomic E-state index is -4.26. The van der Waals surface area contributed by atoms with Crippen molar-refractivity contribution >= 4 is 11.8 Å². The van der Waals surface area contributed by atoms with Gasteiger partial charge in [0, 0.05) is 17.4 Å². The molecule has 1 unspecified atom stereocenters. The van der Waals surface area contributed by atoms with Gasteiger partial charge in [-0.1, -0.05) is 0 Å². The molecule has 0 amide bonds. The van der Waals surface area contributed by atoms with Gasteiger partial charge in [0.05, 0.1) is 19.8 Å². The molecule has 0 saturated heterocycles. The van der Waals surface area contributed by atoms with E-state index >= 15 is 0 Å². The molecular formula is C12H15F3O3S. The van der Waals surface area contributed by atoms with Gasteiger partial charge in [-0.3, -0.25) is 0 Å². The fourth-order valence-electron chi connectivity index (χ4n) is 1.42. The molecule has 0 aliphatic heterocycles. The first kappa shape index (κ1) is 16.0. The first-order valence-corrected chi connectivity index (χ1v) is 6.51. The zero-order valence-electron chi connectivity index (χ0n) is 10.5. The largest absolute Gasteiger partial charge is 0.497 e. The minimum absolute atomic E-state index is 0.100. The van der Waals surface area contributed by atoms with Crippen molar-refractivity contribution in [3.8, 4) is 11.5 Å². The maximum Gasteiger partial charge on any atom is 0.441 e. The molecule has 0 spiro atoms. The van der Waals surface area contributed by atoms with Crippen LogP contribution in [0.5, 0.6) is 11.5 Å². The van der Waals surface area contributed by atoms with Crippen LogP contribution in [0.2, 0.25) is 0 Å². The first-order valence-electron chi connectivity index (χ1n) is 5.53. The molecule has 1 atom stereocenters. The molecule has 0 aliphatic carbocycles. The molecule has 0 fully saturated rings. The van der Waals surface area contributed by atoms with Crippen LogP contribution < -0.4 is 9.47 Å². The Bertz CT molecular complexity index is 408. The molecule has 0 saturated carbocycles. The summed E-state index contributed by atoms with van der Waals surface area (Å²) in [6.45, 7) is 1.45. The Labute approximate surface area is 113 Å². The van der Waals surface area contributed by atoms with Gasteiger partial charge in [0.2, 0.25) is 0 Å². The molecule has 1 aromatic carbocycles. The van der Waals surface area contributed by atoms with Crippen molar-refractivity contribution in [2.45, 2.75) is 18.5 Å². The molecule has 1 aromatic rings. The minimum Gasteiger partial charge on any atom is -0.497 e. The predicted octanol–water partition coefficient (Wildman–Crippen LogP) is 3.38. The maximum absolute atomic E-state index is 12.0. The smallest absolute Gasteiger partial charge is 0.441 e. The number of aliphatic hydroxyl groups is 1. The lowest BCUT2D eigenvalue weighted by Crippen LogP contribution is -2.09. The third-order valence-electron chi connectivity index (χ3n) is 2.28. The third-order valence-corrected chi connectivity index (χ3v) is 2.98. The Hall–Kier alpha value is -1.08. The average molecular weight is 296 g/mol. The van der Waals surface area contributed by atoms with Crippen molar-refractivity contribution in [3.63, 3.8) is 0 Å². The quantitative estimate of drug-likeness (QED) is 0.817. The highest BCUT2D eigenvalue weighted by atomic mass is 32.2. The van der Waals surface area contributed by atoms with E-state index in [4.69, 9.17) is 9.47 Å². The highest BCUT2D eigenvalue weighted by molar-refractivity contribution is 8.00. The Balaban J connectivity index is 2.65. The Morgan fingerprint density at radius 3 is 2.58 bits per heavy atom. The number of halogens is 3. The topological polar surface area (TPSA) is 38.7 Å². The summed E-state index contributed by atoms with van der Waals surface area (Å²) >= 11 is -0.142. The van der Waals surface area contributed by atoms with Gasteiger partial charge < -0.3 is 14.6 Å². The van der Waals surface area contributed by atoms with Crippen molar-refractivity contribution in [3.05, 3.63) is 23.8 Å². The number of rotatable bonds is 6. The zero-order valence-corrected chi connectivity index (χ0v) is 11.3. The number of hydrogen-bond donors (Lipinski definition) is 1. The summed E-state index contributed by atoms with van der Waals surface area (Å²) in [5, 5.41) is 9.55. The number of aliphatic hydroxyl groups excluding tert-OH is 1. The normalized spacial score (nSPS) is 13.2. The van der Waals surface area contributed by atoms with Gasteiger partial charge in [-0.15, -0.1) is 0 Å². The fraction of sp³-hybridized carbons (Fsp3) is 0.500. The van der Waals surface area contributed by atoms with Crippen LogP contribution in [0.1, 0.15) is 18.6 Å². The number of methoxy groups -OCH3 is 1. The molecule has 3 nitrogen and oxygen atoms in total. The second-order valence-corrected chi connectivity index (χ2v) is 4.88. The van der Waals surface area contributed by atoms with Gasteiger partial charge in [0.25, 0.3) is 0 Å². The van der Waals surface area contributed by atoms with E-state index in [1.165, 1.54) is 7.11 Å². The van der Waals surface area contributed by atoms with E-state index in [0.29, 0.717) is 17.1 Å². The molecule has 19 heavy (non-hydrogen) atoms. The number of benzene rings is 1. The number of ether oxygens (including phenoxy) is 2. The Kier molecular flexibility index (Phi) is 5.81. The average Bonchev–Trinajstić information content (AvgIpc) is 2.33. The highest BCUT2D eigenvalue weighted by Crippen LogP contribution is 2.32. The number of hydrogen-bond acceptors (Lipinski definition) is 4. The van der Waals surface area contributed by atoms with Crippen LogP contribution in [0.15, 0.2) is 18.2 Å². The third kappa shape index (κ3) is 5.61. The molecule has 0 heterocycles. The van der Waals surface area contributed by atoms with Gasteiger partial charge in [0.1, 0.15) is 11.5 Å². The van der Waals surface area contributed by atoms with Crippen LogP contribution in [0.4, 0.5) is 13.2 Å². The predicted molar refractivity (Wildman–Crippen MR) is 67.6 cm³/mol. The number of alkyl halides is 3. The molecule has 0 bridgehead atoms. The van der Waals surface area contributed by atoms with Crippen molar-refractivity contribution in [2.75, 3.05) is 19.5 Å². The van der Waals surface area contributed by atoms with Gasteiger partial charge >= 0.3 is 5.51 Å². The highest BCUT2D eigenvalue weighted by Gasteiger charge is 2.27. The van der Waals surface area contributed by atoms with Gasteiger partial charge in [-0.05, 0) is 30.8 Å². The summed E-state index contributed by atoms with van der Waals surface area (Å²) in [5.41, 5.74) is -3.75. The lowest BCUT2D eigenvalue weighted by Gasteiger charge is -2.15. The molecule has 108 valence electrons. The van der Waals surface area contributed by atoms with Gasteiger partial charge in [-0.25, -0.2) is 0 Å². The van der Waals surface area contributed by atoms with E-state index in [2.05, 4.69) is 0 Å². The van der Waals surface area contributed by atoms with Crippen LogP contribution in [0.3, 0.4) is 0 Å². The van der Waals surface area contributed by atoms with Crippen LogP contribution >= 0.6 is 11.8 Å². The summed E-state index contributed by atoms with van der Waals surface area (Å²) in [5.74, 6) is 0.639. The lowest BCUT2D eigenvalue weighted by atomic mass is 10.1. The summed E-state index contributed by atoms with van der Waals surface area (Å²) < 4.78 is 46.1. The van der Waals surface area contributed by atoms with Gasteiger partial charge in [-0.2, -0.15) is 13.2 Å². The monoisotopic (exact) mass is 296 g/mol. The Morgan fingerprint density at radius 1 is 1.37 bits per heavy atom. The van der Waals surface area contributed by atoms with Crippen molar-refractivity contribution in [1.29, 1.82) is 0 Å². The van der Waals surface area contributed by atoms with Crippen molar-refractivity contribution in [2.24, 2.45) is 0 Å².